The SMILES string of the molecule is Cc1cnn([C@H]2CCCN(c3cc4nc(C)n(C)c(=O)c4c(-c4ccc(Cl)cc4F)n3)C2)c1. The van der Waals surface area contributed by atoms with Gasteiger partial charge in [0.05, 0.1) is 28.8 Å². The zero-order valence-electron chi connectivity index (χ0n) is 18.7. The molecular weight excluding hydrogens is 443 g/mol. The van der Waals surface area contributed by atoms with Gasteiger partial charge in [-0.25, -0.2) is 14.4 Å². The third kappa shape index (κ3) is 3.88. The second-order valence-corrected chi connectivity index (χ2v) is 9.05. The van der Waals surface area contributed by atoms with Crippen molar-refractivity contribution in [3.8, 4) is 11.3 Å². The first-order chi connectivity index (χ1) is 15.8. The smallest absolute Gasteiger partial charge is 0.263 e. The maximum atomic E-state index is 15.0. The van der Waals surface area contributed by atoms with Gasteiger partial charge in [0.15, 0.2) is 0 Å². The van der Waals surface area contributed by atoms with Crippen LogP contribution < -0.4 is 10.5 Å². The van der Waals surface area contributed by atoms with Crippen LogP contribution in [0.2, 0.25) is 5.02 Å². The molecule has 4 aromatic rings. The van der Waals surface area contributed by atoms with Gasteiger partial charge in [-0.15, -0.1) is 0 Å². The van der Waals surface area contributed by atoms with Crippen LogP contribution in [0.5, 0.6) is 0 Å². The predicted molar refractivity (Wildman–Crippen MR) is 127 cm³/mol. The van der Waals surface area contributed by atoms with Crippen molar-refractivity contribution >= 4 is 28.3 Å². The Hall–Kier alpha value is -3.26. The summed E-state index contributed by atoms with van der Waals surface area (Å²) in [6.07, 6.45) is 5.89. The van der Waals surface area contributed by atoms with Gasteiger partial charge >= 0.3 is 0 Å². The van der Waals surface area contributed by atoms with E-state index in [1.54, 1.807) is 26.1 Å². The van der Waals surface area contributed by atoms with Crippen molar-refractivity contribution in [1.29, 1.82) is 0 Å². The van der Waals surface area contributed by atoms with Crippen molar-refractivity contribution in [2.75, 3.05) is 18.0 Å². The maximum absolute atomic E-state index is 15.0. The molecule has 1 aromatic carbocycles. The highest BCUT2D eigenvalue weighted by Crippen LogP contribution is 2.33. The summed E-state index contributed by atoms with van der Waals surface area (Å²) < 4.78 is 18.4. The average molecular weight is 467 g/mol. The van der Waals surface area contributed by atoms with E-state index in [-0.39, 0.29) is 27.9 Å². The summed E-state index contributed by atoms with van der Waals surface area (Å²) in [7, 11) is 1.65. The van der Waals surface area contributed by atoms with Crippen LogP contribution in [-0.4, -0.2) is 37.4 Å². The Morgan fingerprint density at radius 3 is 2.73 bits per heavy atom. The molecule has 0 aliphatic carbocycles. The number of rotatable bonds is 3. The zero-order valence-corrected chi connectivity index (χ0v) is 19.5. The fraction of sp³-hybridized carbons (Fsp3) is 0.333. The van der Waals surface area contributed by atoms with E-state index in [2.05, 4.69) is 15.0 Å². The molecular formula is C24H24ClFN6O. The van der Waals surface area contributed by atoms with Crippen LogP contribution in [0.3, 0.4) is 0 Å². The van der Waals surface area contributed by atoms with Crippen LogP contribution in [0.25, 0.3) is 22.2 Å². The first-order valence-corrected chi connectivity index (χ1v) is 11.3. The third-order valence-electron chi connectivity index (χ3n) is 6.28. The molecule has 1 aliphatic rings. The lowest BCUT2D eigenvalue weighted by atomic mass is 10.0. The van der Waals surface area contributed by atoms with Gasteiger partial charge in [0.25, 0.3) is 5.56 Å². The first kappa shape index (κ1) is 21.6. The molecule has 0 radical (unpaired) electrons. The van der Waals surface area contributed by atoms with E-state index < -0.39 is 5.82 Å². The Labute approximate surface area is 195 Å². The highest BCUT2D eigenvalue weighted by Gasteiger charge is 2.25. The second kappa shape index (κ2) is 8.26. The summed E-state index contributed by atoms with van der Waals surface area (Å²) in [5.41, 5.74) is 1.87. The van der Waals surface area contributed by atoms with Crippen molar-refractivity contribution in [3.05, 3.63) is 69.2 Å². The van der Waals surface area contributed by atoms with Gasteiger partial charge < -0.3 is 4.90 Å². The fourth-order valence-electron chi connectivity index (χ4n) is 4.43. The Balaban J connectivity index is 1.67. The van der Waals surface area contributed by atoms with E-state index in [4.69, 9.17) is 16.6 Å². The van der Waals surface area contributed by atoms with Crippen LogP contribution in [-0.2, 0) is 7.05 Å². The van der Waals surface area contributed by atoms with Crippen LogP contribution >= 0.6 is 11.6 Å². The second-order valence-electron chi connectivity index (χ2n) is 8.61. The Bertz CT molecular complexity index is 1430. The molecule has 9 heteroatoms. The molecule has 1 aliphatic heterocycles. The number of nitrogens with zero attached hydrogens (tertiary/aromatic N) is 6. The molecule has 3 aromatic heterocycles. The van der Waals surface area contributed by atoms with Gasteiger partial charge in [0.2, 0.25) is 0 Å². The molecule has 5 rings (SSSR count). The standard InChI is InChI=1S/C24H24ClFN6O/c1-14-11-27-32(12-14)17-5-4-8-31(13-17)21-10-20-22(24(33)30(3)15(2)28-20)23(29-21)18-7-6-16(25)9-19(18)26/h6-7,9-12,17H,4-5,8,13H2,1-3H3/t17-/m0/s1. The lowest BCUT2D eigenvalue weighted by Gasteiger charge is -2.34. The highest BCUT2D eigenvalue weighted by atomic mass is 35.5. The van der Waals surface area contributed by atoms with Crippen molar-refractivity contribution in [2.45, 2.75) is 32.7 Å². The van der Waals surface area contributed by atoms with E-state index >= 15 is 0 Å². The van der Waals surface area contributed by atoms with Gasteiger partial charge in [-0.1, -0.05) is 11.6 Å². The topological polar surface area (TPSA) is 68.8 Å². The number of pyridine rings is 1. The molecule has 0 N–H and O–H groups in total. The molecule has 4 heterocycles. The molecule has 1 fully saturated rings. The van der Waals surface area contributed by atoms with Crippen molar-refractivity contribution < 1.29 is 4.39 Å². The van der Waals surface area contributed by atoms with Crippen LogP contribution in [0.15, 0.2) is 41.5 Å². The minimum atomic E-state index is -0.528. The van der Waals surface area contributed by atoms with Crippen LogP contribution in [0, 0.1) is 19.7 Å². The normalized spacial score (nSPS) is 16.5. The van der Waals surface area contributed by atoms with Crippen molar-refractivity contribution in [1.82, 2.24) is 24.3 Å². The number of aromatic nitrogens is 5. The van der Waals surface area contributed by atoms with E-state index in [0.717, 1.165) is 24.9 Å². The molecule has 0 unspecified atom stereocenters. The molecule has 33 heavy (non-hydrogen) atoms. The van der Waals surface area contributed by atoms with Crippen molar-refractivity contribution in [2.24, 2.45) is 7.05 Å². The molecule has 7 nitrogen and oxygen atoms in total. The Morgan fingerprint density at radius 1 is 1.18 bits per heavy atom. The van der Waals surface area contributed by atoms with Gasteiger partial charge in [-0.2, -0.15) is 5.10 Å². The number of anilines is 1. The number of benzene rings is 1. The third-order valence-corrected chi connectivity index (χ3v) is 6.52. The molecule has 0 amide bonds. The number of aryl methyl sites for hydroxylation is 2. The average Bonchev–Trinajstić information content (AvgIpc) is 3.23. The lowest BCUT2D eigenvalue weighted by Crippen LogP contribution is -2.37. The quantitative estimate of drug-likeness (QED) is 0.446. The zero-order chi connectivity index (χ0) is 23.3. The fourth-order valence-corrected chi connectivity index (χ4v) is 4.59. The summed E-state index contributed by atoms with van der Waals surface area (Å²) >= 11 is 5.97. The Morgan fingerprint density at radius 2 is 2.00 bits per heavy atom. The molecule has 1 saturated heterocycles. The monoisotopic (exact) mass is 466 g/mol. The maximum Gasteiger partial charge on any atom is 0.263 e. The van der Waals surface area contributed by atoms with Gasteiger partial charge in [-0.3, -0.25) is 14.0 Å². The summed E-state index contributed by atoms with van der Waals surface area (Å²) in [4.78, 5) is 24.8. The van der Waals surface area contributed by atoms with Gasteiger partial charge in [-0.05, 0) is 50.5 Å². The van der Waals surface area contributed by atoms with Crippen LogP contribution in [0.4, 0.5) is 10.2 Å². The lowest BCUT2D eigenvalue weighted by molar-refractivity contribution is 0.375. The van der Waals surface area contributed by atoms with Crippen LogP contribution in [0.1, 0.15) is 30.3 Å². The minimum Gasteiger partial charge on any atom is -0.354 e. The summed E-state index contributed by atoms with van der Waals surface area (Å²) in [6, 6.07) is 6.44. The van der Waals surface area contributed by atoms with Crippen molar-refractivity contribution in [3.63, 3.8) is 0 Å². The van der Waals surface area contributed by atoms with E-state index in [1.165, 1.54) is 10.6 Å². The predicted octanol–water partition coefficient (Wildman–Crippen LogP) is 4.44. The molecule has 0 bridgehead atoms. The van der Waals surface area contributed by atoms with E-state index in [9.17, 15) is 9.18 Å². The molecule has 0 saturated carbocycles. The van der Waals surface area contributed by atoms with Gasteiger partial charge in [0, 0.05) is 43.0 Å². The van der Waals surface area contributed by atoms with E-state index in [1.807, 2.05) is 30.1 Å². The summed E-state index contributed by atoms with van der Waals surface area (Å²) in [6.45, 7) is 5.32. The first-order valence-electron chi connectivity index (χ1n) is 10.9. The molecule has 1 atom stereocenters. The molecule has 170 valence electrons. The summed E-state index contributed by atoms with van der Waals surface area (Å²) in [5, 5.41) is 5.07. The minimum absolute atomic E-state index is 0.207. The van der Waals surface area contributed by atoms with E-state index in [0.29, 0.717) is 29.1 Å². The highest BCUT2D eigenvalue weighted by molar-refractivity contribution is 6.30. The Kier molecular flexibility index (Phi) is 5.40. The largest absolute Gasteiger partial charge is 0.354 e. The number of piperidine rings is 1. The number of hydrogen-bond acceptors (Lipinski definition) is 5. The number of fused-ring (bicyclic) bond motifs is 1. The van der Waals surface area contributed by atoms with Gasteiger partial charge in [0.1, 0.15) is 17.5 Å². The molecule has 0 spiro atoms. The number of halogens is 2. The number of hydrogen-bond donors (Lipinski definition) is 0. The summed E-state index contributed by atoms with van der Waals surface area (Å²) in [5.74, 6) is 0.718.